The maximum absolute atomic E-state index is 11.7. The molecule has 0 aliphatic carbocycles. The smallest absolute Gasteiger partial charge is 0.219 e. The molecule has 0 radical (unpaired) electrons. The molecule has 0 aromatic carbocycles. The third-order valence-electron chi connectivity index (χ3n) is 4.17. The van der Waals surface area contributed by atoms with Gasteiger partial charge in [0.2, 0.25) is 5.91 Å². The number of hydrogen-bond acceptors (Lipinski definition) is 6. The Morgan fingerprint density at radius 3 is 2.77 bits per heavy atom. The molecule has 2 rings (SSSR count). The molecule has 1 aromatic heterocycles. The molecule has 8 heteroatoms. The number of carbonyl (C=O) groups is 1. The van der Waals surface area contributed by atoms with Crippen LogP contribution in [-0.4, -0.2) is 55.0 Å². The fraction of sp³-hybridized carbons (Fsp3) is 0.333. The van der Waals surface area contributed by atoms with Crippen molar-refractivity contribution >= 4 is 29.2 Å². The number of carbonyl (C=O) groups excluding carboxylic acids is 1. The summed E-state index contributed by atoms with van der Waals surface area (Å²) in [4.78, 5) is 17.7. The number of allylic oxidation sites excluding steroid dienone is 1. The van der Waals surface area contributed by atoms with Crippen molar-refractivity contribution < 1.29 is 4.79 Å². The number of amides is 1. The van der Waals surface area contributed by atoms with Crippen molar-refractivity contribution in [2.45, 2.75) is 13.3 Å². The molecule has 0 bridgehead atoms. The second kappa shape index (κ2) is 8.80. The summed E-state index contributed by atoms with van der Waals surface area (Å²) in [6.07, 6.45) is 5.24. The van der Waals surface area contributed by atoms with Crippen LogP contribution in [-0.2, 0) is 4.79 Å². The van der Waals surface area contributed by atoms with Gasteiger partial charge in [0.15, 0.2) is 0 Å². The van der Waals surface area contributed by atoms with Crippen LogP contribution in [0.2, 0.25) is 0 Å². The van der Waals surface area contributed by atoms with E-state index >= 15 is 0 Å². The number of nitrogens with one attached hydrogen (secondary N) is 5. The number of nitrogens with zero attached hydrogens (tertiary/aromatic N) is 2. The van der Waals surface area contributed by atoms with Crippen molar-refractivity contribution in [3.05, 3.63) is 41.5 Å². The molecule has 2 heterocycles. The van der Waals surface area contributed by atoms with Crippen molar-refractivity contribution in [3.63, 3.8) is 0 Å². The van der Waals surface area contributed by atoms with Gasteiger partial charge in [-0.1, -0.05) is 0 Å². The summed E-state index contributed by atoms with van der Waals surface area (Å²) in [5.74, 6) is 0.246. The number of pyridine rings is 1. The first-order valence-electron chi connectivity index (χ1n) is 8.35. The standard InChI is InChI=1S/C18H25N7O/c1-12(26)25-7-5-16(22-3)15(11-25)18(20)24-14-4-6-23-17(8-14)13(9-19)10-21-2/h4,6,8-10,19,21-22H,5,7,11H2,1-3H3,(H2,20,23,24)/b13-10+,19-9?. The number of rotatable bonds is 6. The highest BCUT2D eigenvalue weighted by Crippen LogP contribution is 2.19. The molecule has 0 fully saturated rings. The van der Waals surface area contributed by atoms with Gasteiger partial charge in [-0.2, -0.15) is 0 Å². The maximum atomic E-state index is 11.7. The van der Waals surface area contributed by atoms with Crippen LogP contribution in [0.25, 0.3) is 5.57 Å². The normalized spacial score (nSPS) is 14.7. The van der Waals surface area contributed by atoms with Gasteiger partial charge in [0, 0.05) is 75.1 Å². The topological polar surface area (TPSA) is 117 Å². The predicted octanol–water partition coefficient (Wildman–Crippen LogP) is 1.41. The van der Waals surface area contributed by atoms with Crippen LogP contribution in [0.15, 0.2) is 35.8 Å². The lowest BCUT2D eigenvalue weighted by molar-refractivity contribution is -0.128. The Hall–Kier alpha value is -3.16. The van der Waals surface area contributed by atoms with Crippen molar-refractivity contribution in [2.75, 3.05) is 32.5 Å². The van der Waals surface area contributed by atoms with Crippen LogP contribution in [0.5, 0.6) is 0 Å². The summed E-state index contributed by atoms with van der Waals surface area (Å²) in [5.41, 5.74) is 3.70. The first-order valence-corrected chi connectivity index (χ1v) is 8.35. The minimum absolute atomic E-state index is 0.00415. The zero-order chi connectivity index (χ0) is 19.1. The molecule has 0 saturated carbocycles. The van der Waals surface area contributed by atoms with Crippen LogP contribution >= 0.6 is 0 Å². The van der Waals surface area contributed by atoms with E-state index < -0.39 is 0 Å². The summed E-state index contributed by atoms with van der Waals surface area (Å²) in [5, 5.41) is 25.1. The largest absolute Gasteiger partial charge is 0.393 e. The third-order valence-corrected chi connectivity index (χ3v) is 4.17. The van der Waals surface area contributed by atoms with Gasteiger partial charge in [-0.3, -0.25) is 15.2 Å². The van der Waals surface area contributed by atoms with Gasteiger partial charge in [0.25, 0.3) is 0 Å². The zero-order valence-electron chi connectivity index (χ0n) is 15.3. The Bertz CT molecular complexity index is 767. The molecule has 0 atom stereocenters. The van der Waals surface area contributed by atoms with E-state index in [1.165, 1.54) is 6.21 Å². The van der Waals surface area contributed by atoms with Crippen molar-refractivity contribution in [1.82, 2.24) is 20.5 Å². The molecule has 1 amide bonds. The van der Waals surface area contributed by atoms with Crippen LogP contribution in [0, 0.1) is 10.8 Å². The van der Waals surface area contributed by atoms with Crippen molar-refractivity contribution in [1.29, 1.82) is 10.8 Å². The quantitative estimate of drug-likeness (QED) is 0.391. The van der Waals surface area contributed by atoms with E-state index in [4.69, 9.17) is 10.8 Å². The Labute approximate surface area is 153 Å². The first kappa shape index (κ1) is 19.2. The number of hydrogen-bond donors (Lipinski definition) is 5. The Balaban J connectivity index is 2.23. The van der Waals surface area contributed by atoms with Gasteiger partial charge in [-0.05, 0) is 12.1 Å². The minimum Gasteiger partial charge on any atom is -0.393 e. The van der Waals surface area contributed by atoms with Gasteiger partial charge in [-0.15, -0.1) is 0 Å². The number of amidine groups is 1. The van der Waals surface area contributed by atoms with Crippen LogP contribution in [0.3, 0.4) is 0 Å². The fourth-order valence-electron chi connectivity index (χ4n) is 2.77. The molecule has 1 aromatic rings. The van der Waals surface area contributed by atoms with Crippen LogP contribution < -0.4 is 16.0 Å². The van der Waals surface area contributed by atoms with E-state index in [0.717, 1.165) is 11.3 Å². The highest BCUT2D eigenvalue weighted by molar-refractivity contribution is 6.09. The van der Waals surface area contributed by atoms with Gasteiger partial charge >= 0.3 is 0 Å². The minimum atomic E-state index is 0.00415. The summed E-state index contributed by atoms with van der Waals surface area (Å²) in [6.45, 7) is 2.60. The molecule has 1 aliphatic rings. The molecule has 0 spiro atoms. The molecule has 138 valence electrons. The van der Waals surface area contributed by atoms with E-state index in [0.29, 0.717) is 36.5 Å². The third kappa shape index (κ3) is 4.47. The highest BCUT2D eigenvalue weighted by atomic mass is 16.2. The molecule has 5 N–H and O–H groups in total. The van der Waals surface area contributed by atoms with Gasteiger partial charge in [0.1, 0.15) is 5.84 Å². The first-order chi connectivity index (χ1) is 12.5. The summed E-state index contributed by atoms with van der Waals surface area (Å²) in [7, 11) is 3.59. The van der Waals surface area contributed by atoms with Gasteiger partial charge in [0.05, 0.1) is 12.2 Å². The molecule has 8 nitrogen and oxygen atoms in total. The molecule has 0 unspecified atom stereocenters. The van der Waals surface area contributed by atoms with Crippen LogP contribution in [0.4, 0.5) is 5.69 Å². The number of anilines is 1. The van der Waals surface area contributed by atoms with E-state index in [9.17, 15) is 4.79 Å². The lowest BCUT2D eigenvalue weighted by Crippen LogP contribution is -2.40. The van der Waals surface area contributed by atoms with Gasteiger partial charge < -0.3 is 26.3 Å². The highest BCUT2D eigenvalue weighted by Gasteiger charge is 2.23. The summed E-state index contributed by atoms with van der Waals surface area (Å²) < 4.78 is 0. The Morgan fingerprint density at radius 1 is 1.38 bits per heavy atom. The second-order valence-electron chi connectivity index (χ2n) is 5.86. The molecular weight excluding hydrogens is 330 g/mol. The molecule has 1 aliphatic heterocycles. The molecule has 26 heavy (non-hydrogen) atoms. The van der Waals surface area contributed by atoms with Gasteiger partial charge in [-0.25, -0.2) is 0 Å². The molecular formula is C18H25N7O. The maximum Gasteiger partial charge on any atom is 0.219 e. The summed E-state index contributed by atoms with van der Waals surface area (Å²) in [6, 6.07) is 3.55. The average molecular weight is 355 g/mol. The SMILES string of the molecule is CN/C=C(\C=N)c1cc(NC(=N)C2=C(NC)CCN(C(C)=O)C2)ccn1. The summed E-state index contributed by atoms with van der Waals surface area (Å²) >= 11 is 0. The van der Waals surface area contributed by atoms with E-state index in [1.807, 2.05) is 7.05 Å². The Morgan fingerprint density at radius 2 is 2.15 bits per heavy atom. The fourth-order valence-corrected chi connectivity index (χ4v) is 2.77. The average Bonchev–Trinajstić information content (AvgIpc) is 2.65. The second-order valence-corrected chi connectivity index (χ2v) is 5.86. The van der Waals surface area contributed by atoms with E-state index in [2.05, 4.69) is 20.9 Å². The predicted molar refractivity (Wildman–Crippen MR) is 104 cm³/mol. The molecule has 0 saturated heterocycles. The van der Waals surface area contributed by atoms with Crippen molar-refractivity contribution in [2.24, 2.45) is 0 Å². The van der Waals surface area contributed by atoms with E-state index in [-0.39, 0.29) is 11.7 Å². The zero-order valence-corrected chi connectivity index (χ0v) is 15.3. The van der Waals surface area contributed by atoms with E-state index in [1.54, 1.807) is 43.4 Å². The Kier molecular flexibility index (Phi) is 6.48. The lowest BCUT2D eigenvalue weighted by Gasteiger charge is -2.30. The van der Waals surface area contributed by atoms with Crippen LogP contribution in [0.1, 0.15) is 19.0 Å². The number of aromatic nitrogens is 1. The van der Waals surface area contributed by atoms with Crippen molar-refractivity contribution in [3.8, 4) is 0 Å². The lowest BCUT2D eigenvalue weighted by atomic mass is 10.0. The monoisotopic (exact) mass is 355 g/mol.